The van der Waals surface area contributed by atoms with Gasteiger partial charge in [0.15, 0.2) is 5.82 Å². The second-order valence-electron chi connectivity index (χ2n) is 13.9. The molecule has 0 saturated carbocycles. The Morgan fingerprint density at radius 1 is 0.460 bits per heavy atom. The lowest BCUT2D eigenvalue weighted by Gasteiger charge is -2.39. The van der Waals surface area contributed by atoms with Crippen LogP contribution in [0.4, 0.5) is 20.2 Å². The quantitative estimate of drug-likeness (QED) is 0.173. The van der Waals surface area contributed by atoms with Crippen LogP contribution in [0.5, 0.6) is 0 Å². The monoisotopic (exact) mass is 653 g/mol. The van der Waals surface area contributed by atoms with Gasteiger partial charge in [0.1, 0.15) is 5.82 Å². The van der Waals surface area contributed by atoms with Crippen LogP contribution in [0.15, 0.2) is 170 Å². The van der Waals surface area contributed by atoms with E-state index in [1.807, 2.05) is 63.2 Å². The van der Waals surface area contributed by atoms with Gasteiger partial charge in [-0.3, -0.25) is 0 Å². The average molecular weight is 654 g/mol. The summed E-state index contributed by atoms with van der Waals surface area (Å²) in [5, 5.41) is 0. The third-order valence-corrected chi connectivity index (χ3v) is 9.93. The topological polar surface area (TPSA) is 3.24 Å². The van der Waals surface area contributed by atoms with E-state index >= 15 is 8.78 Å². The molecule has 1 aliphatic carbocycles. The molecule has 0 unspecified atom stereocenters. The first-order valence-corrected chi connectivity index (χ1v) is 17.1. The van der Waals surface area contributed by atoms with Crippen LogP contribution in [0, 0.1) is 11.6 Å². The van der Waals surface area contributed by atoms with Crippen molar-refractivity contribution in [2.75, 3.05) is 4.90 Å². The maximum absolute atomic E-state index is 17.3. The highest BCUT2D eigenvalue weighted by Gasteiger charge is 2.47. The largest absolute Gasteiger partial charge is 0.331 e. The van der Waals surface area contributed by atoms with E-state index in [4.69, 9.17) is 0 Å². The highest BCUT2D eigenvalue weighted by molar-refractivity contribution is 5.94. The molecule has 0 spiro atoms. The predicted octanol–water partition coefficient (Wildman–Crippen LogP) is 12.6. The second kappa shape index (κ2) is 12.3. The molecule has 50 heavy (non-hydrogen) atoms. The van der Waals surface area contributed by atoms with Gasteiger partial charge in [0.2, 0.25) is 0 Å². The van der Waals surface area contributed by atoms with Crippen LogP contribution in [0.25, 0.3) is 33.4 Å². The Bertz CT molecular complexity index is 2280. The number of anilines is 2. The van der Waals surface area contributed by atoms with Gasteiger partial charge >= 0.3 is 0 Å². The Hall–Kier alpha value is -5.80. The molecular formula is C47H37F2N. The minimum Gasteiger partial charge on any atom is -0.331 e. The molecule has 0 fully saturated rings. The number of nitrogens with zero attached hydrogens (tertiary/aromatic N) is 1. The first kappa shape index (κ1) is 31.5. The molecule has 0 N–H and O–H groups in total. The fourth-order valence-corrected chi connectivity index (χ4v) is 7.98. The van der Waals surface area contributed by atoms with Crippen molar-refractivity contribution in [3.63, 3.8) is 0 Å². The molecule has 3 heteroatoms. The van der Waals surface area contributed by atoms with Crippen LogP contribution in [-0.2, 0) is 5.41 Å². The molecule has 0 aliphatic heterocycles. The van der Waals surface area contributed by atoms with E-state index < -0.39 is 22.6 Å². The van der Waals surface area contributed by atoms with E-state index in [0.29, 0.717) is 16.9 Å². The average Bonchev–Trinajstić information content (AvgIpc) is 3.45. The van der Waals surface area contributed by atoms with Crippen LogP contribution in [0.2, 0.25) is 0 Å². The first-order valence-electron chi connectivity index (χ1n) is 17.1. The van der Waals surface area contributed by atoms with Crippen LogP contribution in [0.3, 0.4) is 0 Å². The van der Waals surface area contributed by atoms with Crippen LogP contribution >= 0.6 is 0 Å². The summed E-state index contributed by atoms with van der Waals surface area (Å²) in [6, 6.07) is 56.6. The minimum atomic E-state index is -0.664. The second-order valence-corrected chi connectivity index (χ2v) is 13.9. The molecule has 0 atom stereocenters. The molecule has 0 heterocycles. The fraction of sp³-hybridized carbons (Fsp3) is 0.106. The van der Waals surface area contributed by atoms with Crippen molar-refractivity contribution in [2.24, 2.45) is 0 Å². The van der Waals surface area contributed by atoms with E-state index in [1.165, 1.54) is 17.2 Å². The summed E-state index contributed by atoms with van der Waals surface area (Å²) < 4.78 is 32.9. The molecule has 1 aliphatic rings. The van der Waals surface area contributed by atoms with Crippen LogP contribution < -0.4 is 4.90 Å². The Labute approximate surface area is 293 Å². The van der Waals surface area contributed by atoms with Crippen LogP contribution in [0.1, 0.15) is 43.0 Å². The molecule has 1 nitrogen and oxygen atoms in total. The smallest absolute Gasteiger partial charge is 0.154 e. The van der Waals surface area contributed by atoms with E-state index in [1.54, 1.807) is 23.1 Å². The summed E-state index contributed by atoms with van der Waals surface area (Å²) in [6.45, 7) is 5.96. The number of halogens is 2. The molecule has 0 aromatic heterocycles. The molecular weight excluding hydrogens is 617 g/mol. The van der Waals surface area contributed by atoms with Crippen molar-refractivity contribution >= 4 is 11.4 Å². The number of hydrogen-bond donors (Lipinski definition) is 0. The molecule has 0 saturated heterocycles. The summed E-state index contributed by atoms with van der Waals surface area (Å²) >= 11 is 0. The van der Waals surface area contributed by atoms with E-state index in [-0.39, 0.29) is 0 Å². The summed E-state index contributed by atoms with van der Waals surface area (Å²) in [6.07, 6.45) is 0. The van der Waals surface area contributed by atoms with Gasteiger partial charge in [-0.05, 0) is 95.1 Å². The van der Waals surface area contributed by atoms with E-state index in [2.05, 4.69) is 103 Å². The molecule has 8 rings (SSSR count). The van der Waals surface area contributed by atoms with Crippen molar-refractivity contribution in [1.29, 1.82) is 0 Å². The third kappa shape index (κ3) is 4.96. The van der Waals surface area contributed by atoms with E-state index in [9.17, 15) is 0 Å². The lowest BCUT2D eigenvalue weighted by Crippen LogP contribution is -2.38. The number of rotatable bonds is 6. The number of para-hydroxylation sites is 1. The lowest BCUT2D eigenvalue weighted by molar-refractivity contribution is 0.527. The fourth-order valence-electron chi connectivity index (χ4n) is 7.98. The predicted molar refractivity (Wildman–Crippen MR) is 203 cm³/mol. The van der Waals surface area contributed by atoms with Crippen molar-refractivity contribution in [1.82, 2.24) is 0 Å². The number of hydrogen-bond acceptors (Lipinski definition) is 1. The van der Waals surface area contributed by atoms with Crippen molar-refractivity contribution in [3.8, 4) is 33.4 Å². The Morgan fingerprint density at radius 2 is 1.00 bits per heavy atom. The van der Waals surface area contributed by atoms with Crippen molar-refractivity contribution < 1.29 is 8.78 Å². The normalized spacial score (nSPS) is 13.1. The zero-order valence-corrected chi connectivity index (χ0v) is 28.4. The zero-order chi connectivity index (χ0) is 34.5. The highest BCUT2D eigenvalue weighted by atomic mass is 19.1. The van der Waals surface area contributed by atoms with E-state index in [0.717, 1.165) is 38.9 Å². The maximum atomic E-state index is 17.3. The Kier molecular flexibility index (Phi) is 7.72. The summed E-state index contributed by atoms with van der Waals surface area (Å²) in [5.41, 5.74) is 9.34. The maximum Gasteiger partial charge on any atom is 0.154 e. The number of benzene rings is 7. The van der Waals surface area contributed by atoms with Gasteiger partial charge in [-0.1, -0.05) is 146 Å². The lowest BCUT2D eigenvalue weighted by atomic mass is 9.66. The molecule has 0 amide bonds. The first-order chi connectivity index (χ1) is 24.3. The van der Waals surface area contributed by atoms with Gasteiger partial charge in [0.25, 0.3) is 0 Å². The van der Waals surface area contributed by atoms with Gasteiger partial charge in [-0.2, -0.15) is 0 Å². The molecule has 0 radical (unpaired) electrons. The molecule has 244 valence electrons. The zero-order valence-electron chi connectivity index (χ0n) is 28.4. The molecule has 7 aromatic rings. The van der Waals surface area contributed by atoms with Crippen molar-refractivity contribution in [2.45, 2.75) is 31.7 Å². The van der Waals surface area contributed by atoms with Gasteiger partial charge in [0, 0.05) is 11.1 Å². The molecule has 7 aromatic carbocycles. The molecule has 0 bridgehead atoms. The highest BCUT2D eigenvalue weighted by Crippen LogP contribution is 2.59. The van der Waals surface area contributed by atoms with Gasteiger partial charge in [-0.25, -0.2) is 8.78 Å². The van der Waals surface area contributed by atoms with Gasteiger partial charge in [-0.15, -0.1) is 0 Å². The third-order valence-electron chi connectivity index (χ3n) is 9.93. The summed E-state index contributed by atoms with van der Waals surface area (Å²) in [4.78, 5) is 1.80. The SMILES string of the molecule is CC(C)(C)N(c1ccccc1F)c1cc(-c2cccc3c2C(c2ccccc2)(c2ccccc2)c2ccccc2-3)cc(-c2ccccc2)c1F. The summed E-state index contributed by atoms with van der Waals surface area (Å²) in [5.74, 6) is -0.803. The minimum absolute atomic E-state index is 0.317. The van der Waals surface area contributed by atoms with Crippen LogP contribution in [-0.4, -0.2) is 5.54 Å². The van der Waals surface area contributed by atoms with Crippen molar-refractivity contribution in [3.05, 3.63) is 204 Å². The van der Waals surface area contributed by atoms with Gasteiger partial charge in [0.05, 0.1) is 16.8 Å². The number of fused-ring (bicyclic) bond motifs is 3. The Balaban J connectivity index is 1.50. The standard InChI is InChI=1S/C47H37F2N/c1-46(2,3)50(42-29-16-15-28-41(42)48)43-31-33(30-39(45(43)49)32-18-7-4-8-19-32)36-25-17-26-38-37-24-13-14-27-40(37)47(44(36)38,34-20-9-5-10-21-34)35-22-11-6-12-23-35/h4-31H,1-3H3. The Morgan fingerprint density at radius 3 is 1.64 bits per heavy atom. The summed E-state index contributed by atoms with van der Waals surface area (Å²) in [7, 11) is 0. The van der Waals surface area contributed by atoms with Gasteiger partial charge < -0.3 is 4.90 Å².